The highest BCUT2D eigenvalue weighted by Crippen LogP contribution is 2.17. The van der Waals surface area contributed by atoms with Crippen molar-refractivity contribution in [1.29, 1.82) is 0 Å². The first kappa shape index (κ1) is 12.5. The van der Waals surface area contributed by atoms with Gasteiger partial charge < -0.3 is 10.1 Å². The molecule has 4 nitrogen and oxygen atoms in total. The van der Waals surface area contributed by atoms with E-state index in [1.807, 2.05) is 42.1 Å². The highest BCUT2D eigenvalue weighted by atomic mass is 16.5. The molecule has 0 bridgehead atoms. The fraction of sp³-hybridized carbons (Fsp3) is 0.357. The Morgan fingerprint density at radius 3 is 2.94 bits per heavy atom. The second kappa shape index (κ2) is 6.10. The van der Waals surface area contributed by atoms with E-state index in [2.05, 4.69) is 23.5 Å². The number of nitrogens with zero attached hydrogens (tertiary/aromatic N) is 2. The minimum Gasteiger partial charge on any atom is -0.494 e. The van der Waals surface area contributed by atoms with Crippen molar-refractivity contribution in [2.45, 2.75) is 26.9 Å². The minimum atomic E-state index is 0.687. The highest BCUT2D eigenvalue weighted by Gasteiger charge is 1.99. The molecule has 0 aliphatic rings. The molecule has 2 rings (SSSR count). The maximum Gasteiger partial charge on any atom is 0.121 e. The van der Waals surface area contributed by atoms with E-state index in [1.54, 1.807) is 0 Å². The Bertz CT molecular complexity index is 493. The van der Waals surface area contributed by atoms with Crippen LogP contribution in [-0.4, -0.2) is 16.4 Å². The van der Waals surface area contributed by atoms with Gasteiger partial charge in [-0.3, -0.25) is 4.68 Å². The van der Waals surface area contributed by atoms with E-state index in [9.17, 15) is 0 Å². The predicted octanol–water partition coefficient (Wildman–Crippen LogP) is 2.91. The molecule has 0 fully saturated rings. The van der Waals surface area contributed by atoms with Gasteiger partial charge in [0.25, 0.3) is 0 Å². The number of aromatic nitrogens is 2. The van der Waals surface area contributed by atoms with Gasteiger partial charge in [-0.1, -0.05) is 6.07 Å². The van der Waals surface area contributed by atoms with Crippen molar-refractivity contribution in [2.24, 2.45) is 0 Å². The summed E-state index contributed by atoms with van der Waals surface area (Å²) in [6, 6.07) is 7.99. The van der Waals surface area contributed by atoms with Crippen molar-refractivity contribution in [1.82, 2.24) is 9.78 Å². The molecule has 0 atom stereocenters. The summed E-state index contributed by atoms with van der Waals surface area (Å²) in [6.07, 6.45) is 3.95. The number of ether oxygens (including phenoxy) is 1. The molecule has 0 aliphatic carbocycles. The van der Waals surface area contributed by atoms with Crippen LogP contribution in [0.15, 0.2) is 36.7 Å². The summed E-state index contributed by atoms with van der Waals surface area (Å²) in [5, 5.41) is 7.61. The Labute approximate surface area is 108 Å². The first-order valence-electron chi connectivity index (χ1n) is 6.30. The molecule has 0 radical (unpaired) electrons. The van der Waals surface area contributed by atoms with Crippen molar-refractivity contribution < 1.29 is 4.74 Å². The molecule has 1 N–H and O–H groups in total. The molecule has 1 aromatic heterocycles. The van der Waals surface area contributed by atoms with Crippen LogP contribution in [0, 0.1) is 0 Å². The van der Waals surface area contributed by atoms with E-state index < -0.39 is 0 Å². The molecule has 0 unspecified atom stereocenters. The van der Waals surface area contributed by atoms with Crippen LogP contribution in [0.2, 0.25) is 0 Å². The van der Waals surface area contributed by atoms with Crippen molar-refractivity contribution in [3.63, 3.8) is 0 Å². The van der Waals surface area contributed by atoms with Gasteiger partial charge in [-0.15, -0.1) is 0 Å². The number of hydrogen-bond donors (Lipinski definition) is 1. The molecule has 0 amide bonds. The maximum absolute atomic E-state index is 5.46. The monoisotopic (exact) mass is 245 g/mol. The number of nitrogens with one attached hydrogen (secondary N) is 1. The first-order chi connectivity index (χ1) is 8.81. The summed E-state index contributed by atoms with van der Waals surface area (Å²) in [7, 11) is 0. The Balaban J connectivity index is 1.94. The van der Waals surface area contributed by atoms with Gasteiger partial charge in [-0.2, -0.15) is 5.10 Å². The second-order valence-electron chi connectivity index (χ2n) is 4.02. The van der Waals surface area contributed by atoms with Gasteiger partial charge in [0, 0.05) is 36.6 Å². The van der Waals surface area contributed by atoms with Crippen molar-refractivity contribution in [2.75, 3.05) is 11.9 Å². The highest BCUT2D eigenvalue weighted by molar-refractivity contribution is 5.48. The van der Waals surface area contributed by atoms with Crippen molar-refractivity contribution in [3.8, 4) is 5.75 Å². The largest absolute Gasteiger partial charge is 0.494 e. The molecule has 0 saturated carbocycles. The van der Waals surface area contributed by atoms with Gasteiger partial charge in [-0.05, 0) is 26.0 Å². The molecule has 0 saturated heterocycles. The lowest BCUT2D eigenvalue weighted by Gasteiger charge is -2.07. The lowest BCUT2D eigenvalue weighted by atomic mass is 10.3. The van der Waals surface area contributed by atoms with E-state index in [1.165, 1.54) is 5.56 Å². The summed E-state index contributed by atoms with van der Waals surface area (Å²) in [5.74, 6) is 0.895. The van der Waals surface area contributed by atoms with E-state index >= 15 is 0 Å². The van der Waals surface area contributed by atoms with Gasteiger partial charge in [0.15, 0.2) is 0 Å². The van der Waals surface area contributed by atoms with Gasteiger partial charge in [0.05, 0.1) is 12.8 Å². The van der Waals surface area contributed by atoms with Gasteiger partial charge in [0.2, 0.25) is 0 Å². The standard InChI is InChI=1S/C14H19N3O/c1-3-17-11-12(10-16-17)9-15-13-6-5-7-14(8-13)18-4-2/h5-8,10-11,15H,3-4,9H2,1-2H3. The number of hydrogen-bond acceptors (Lipinski definition) is 3. The van der Waals surface area contributed by atoms with Crippen LogP contribution >= 0.6 is 0 Å². The lowest BCUT2D eigenvalue weighted by molar-refractivity contribution is 0.340. The van der Waals surface area contributed by atoms with E-state index in [0.29, 0.717) is 6.61 Å². The molecule has 0 spiro atoms. The number of rotatable bonds is 6. The number of anilines is 1. The second-order valence-corrected chi connectivity index (χ2v) is 4.02. The SMILES string of the molecule is CCOc1cccc(NCc2cnn(CC)c2)c1. The molecular formula is C14H19N3O. The topological polar surface area (TPSA) is 39.1 Å². The summed E-state index contributed by atoms with van der Waals surface area (Å²) in [5.41, 5.74) is 2.24. The normalized spacial score (nSPS) is 10.3. The van der Waals surface area contributed by atoms with E-state index in [0.717, 1.165) is 24.5 Å². The molecule has 1 heterocycles. The quantitative estimate of drug-likeness (QED) is 0.850. The van der Waals surface area contributed by atoms with Crippen molar-refractivity contribution >= 4 is 5.69 Å². The molecule has 96 valence electrons. The minimum absolute atomic E-state index is 0.687. The summed E-state index contributed by atoms with van der Waals surface area (Å²) in [6.45, 7) is 6.43. The van der Waals surface area contributed by atoms with Crippen LogP contribution in [0.5, 0.6) is 5.75 Å². The lowest BCUT2D eigenvalue weighted by Crippen LogP contribution is -1.99. The average molecular weight is 245 g/mol. The third-order valence-corrected chi connectivity index (χ3v) is 2.65. The van der Waals surface area contributed by atoms with Crippen LogP contribution < -0.4 is 10.1 Å². The molecule has 18 heavy (non-hydrogen) atoms. The third-order valence-electron chi connectivity index (χ3n) is 2.65. The first-order valence-corrected chi connectivity index (χ1v) is 6.30. The van der Waals surface area contributed by atoms with Crippen LogP contribution in [0.4, 0.5) is 5.69 Å². The Morgan fingerprint density at radius 2 is 2.22 bits per heavy atom. The molecule has 2 aromatic rings. The smallest absolute Gasteiger partial charge is 0.121 e. The fourth-order valence-electron chi connectivity index (χ4n) is 1.74. The van der Waals surface area contributed by atoms with Crippen LogP contribution in [0.25, 0.3) is 0 Å². The van der Waals surface area contributed by atoms with Gasteiger partial charge in [0.1, 0.15) is 5.75 Å². The Hall–Kier alpha value is -1.97. The van der Waals surface area contributed by atoms with Crippen molar-refractivity contribution in [3.05, 3.63) is 42.2 Å². The molecule has 0 aliphatic heterocycles. The van der Waals surface area contributed by atoms with Gasteiger partial charge in [-0.25, -0.2) is 0 Å². The van der Waals surface area contributed by atoms with E-state index in [-0.39, 0.29) is 0 Å². The van der Waals surface area contributed by atoms with Crippen LogP contribution in [0.3, 0.4) is 0 Å². The molecule has 4 heteroatoms. The van der Waals surface area contributed by atoms with E-state index in [4.69, 9.17) is 4.74 Å². The maximum atomic E-state index is 5.46. The summed E-state index contributed by atoms with van der Waals surface area (Å²) in [4.78, 5) is 0. The Kier molecular flexibility index (Phi) is 4.23. The average Bonchev–Trinajstić information content (AvgIpc) is 2.85. The van der Waals surface area contributed by atoms with Gasteiger partial charge >= 0.3 is 0 Å². The zero-order valence-corrected chi connectivity index (χ0v) is 10.9. The third kappa shape index (κ3) is 3.26. The predicted molar refractivity (Wildman–Crippen MR) is 72.8 cm³/mol. The molecular weight excluding hydrogens is 226 g/mol. The number of benzene rings is 1. The molecule has 1 aromatic carbocycles. The summed E-state index contributed by atoms with van der Waals surface area (Å²) >= 11 is 0. The van der Waals surface area contributed by atoms with Crippen LogP contribution in [-0.2, 0) is 13.1 Å². The number of aryl methyl sites for hydroxylation is 1. The fourth-order valence-corrected chi connectivity index (χ4v) is 1.74. The Morgan fingerprint density at radius 1 is 1.33 bits per heavy atom. The van der Waals surface area contributed by atoms with Crippen LogP contribution in [0.1, 0.15) is 19.4 Å². The summed E-state index contributed by atoms with van der Waals surface area (Å²) < 4.78 is 7.39. The zero-order valence-electron chi connectivity index (χ0n) is 10.9. The zero-order chi connectivity index (χ0) is 12.8.